The van der Waals surface area contributed by atoms with Crippen LogP contribution in [0.1, 0.15) is 12.5 Å². The molecule has 0 aromatic heterocycles. The third kappa shape index (κ3) is 3.55. The molecule has 0 radical (unpaired) electrons. The number of benzene rings is 1. The van der Waals surface area contributed by atoms with E-state index in [-0.39, 0.29) is 17.5 Å². The minimum atomic E-state index is -1.80. The summed E-state index contributed by atoms with van der Waals surface area (Å²) in [4.78, 5) is 0. The highest BCUT2D eigenvalue weighted by atomic mass is 32.2. The zero-order chi connectivity index (χ0) is 10.6. The van der Waals surface area contributed by atoms with E-state index in [1.165, 1.54) is 6.07 Å². The third-order valence-corrected chi connectivity index (χ3v) is 2.81. The van der Waals surface area contributed by atoms with Crippen molar-refractivity contribution in [3.8, 4) is 0 Å². The molecule has 78 valence electrons. The molecule has 4 heteroatoms. The van der Waals surface area contributed by atoms with Crippen molar-refractivity contribution in [1.29, 1.82) is 0 Å². The fourth-order valence-electron chi connectivity index (χ4n) is 1.34. The number of hydrogen-bond donors (Lipinski definition) is 1. The average molecular weight is 216 g/mol. The van der Waals surface area contributed by atoms with Gasteiger partial charge in [0.25, 0.3) is 0 Å². The van der Waals surface area contributed by atoms with Gasteiger partial charge in [-0.3, -0.25) is 0 Å². The summed E-state index contributed by atoms with van der Waals surface area (Å²) in [5.74, 6) is -0.0465. The van der Waals surface area contributed by atoms with Gasteiger partial charge in [0.15, 0.2) is 11.1 Å². The van der Waals surface area contributed by atoms with E-state index in [1.807, 2.05) is 6.92 Å². The van der Waals surface area contributed by atoms with Crippen LogP contribution >= 0.6 is 0 Å². The zero-order valence-corrected chi connectivity index (χ0v) is 8.76. The molecule has 0 aliphatic heterocycles. The fourth-order valence-corrected chi connectivity index (χ4v) is 1.95. The van der Waals surface area contributed by atoms with Gasteiger partial charge >= 0.3 is 0 Å². The summed E-state index contributed by atoms with van der Waals surface area (Å²) >= 11 is -1.80. The standard InChI is InChI=1S/C10H13FO2S/c1-8(7-14(12)13)6-9-4-2-3-5-10(9)11/h2-5,8H,6-7H2,1H3,(H,12,13). The maximum atomic E-state index is 13.1. The summed E-state index contributed by atoms with van der Waals surface area (Å²) in [6.07, 6.45) is 0.499. The van der Waals surface area contributed by atoms with Crippen LogP contribution in [0, 0.1) is 11.7 Å². The predicted octanol–water partition coefficient (Wildman–Crippen LogP) is 2.23. The van der Waals surface area contributed by atoms with Crippen molar-refractivity contribution >= 4 is 11.1 Å². The van der Waals surface area contributed by atoms with Gasteiger partial charge in [-0.05, 0) is 24.0 Å². The van der Waals surface area contributed by atoms with Crippen LogP contribution in [0.5, 0.6) is 0 Å². The highest BCUT2D eigenvalue weighted by Gasteiger charge is 2.09. The lowest BCUT2D eigenvalue weighted by atomic mass is 10.0. The zero-order valence-electron chi connectivity index (χ0n) is 7.94. The Labute approximate surface area is 85.4 Å². The van der Waals surface area contributed by atoms with E-state index in [4.69, 9.17) is 4.55 Å². The van der Waals surface area contributed by atoms with E-state index >= 15 is 0 Å². The first-order chi connectivity index (χ1) is 6.59. The maximum absolute atomic E-state index is 13.1. The Balaban J connectivity index is 2.60. The summed E-state index contributed by atoms with van der Waals surface area (Å²) < 4.78 is 32.3. The van der Waals surface area contributed by atoms with Crippen LogP contribution in [0.3, 0.4) is 0 Å². The highest BCUT2D eigenvalue weighted by Crippen LogP contribution is 2.12. The number of hydrogen-bond acceptors (Lipinski definition) is 1. The van der Waals surface area contributed by atoms with Gasteiger partial charge in [-0.2, -0.15) is 0 Å². The van der Waals surface area contributed by atoms with E-state index in [1.54, 1.807) is 18.2 Å². The normalized spacial score (nSPS) is 15.1. The van der Waals surface area contributed by atoms with Crippen molar-refractivity contribution in [2.45, 2.75) is 13.3 Å². The molecule has 0 aliphatic carbocycles. The van der Waals surface area contributed by atoms with Gasteiger partial charge in [-0.15, -0.1) is 0 Å². The summed E-state index contributed by atoms with van der Waals surface area (Å²) in [7, 11) is 0. The van der Waals surface area contributed by atoms with Crippen molar-refractivity contribution < 1.29 is 13.2 Å². The second-order valence-electron chi connectivity index (χ2n) is 3.39. The van der Waals surface area contributed by atoms with Crippen molar-refractivity contribution in [2.24, 2.45) is 5.92 Å². The first kappa shape index (κ1) is 11.3. The second-order valence-corrected chi connectivity index (χ2v) is 4.37. The topological polar surface area (TPSA) is 37.3 Å². The quantitative estimate of drug-likeness (QED) is 0.784. The molecule has 14 heavy (non-hydrogen) atoms. The van der Waals surface area contributed by atoms with Crippen molar-refractivity contribution in [1.82, 2.24) is 0 Å². The van der Waals surface area contributed by atoms with Crippen LogP contribution < -0.4 is 0 Å². The maximum Gasteiger partial charge on any atom is 0.153 e. The Morgan fingerprint density at radius 2 is 2.14 bits per heavy atom. The number of halogens is 1. The van der Waals surface area contributed by atoms with Gasteiger partial charge in [0.2, 0.25) is 0 Å². The largest absolute Gasteiger partial charge is 0.306 e. The second kappa shape index (κ2) is 5.22. The van der Waals surface area contributed by atoms with E-state index in [2.05, 4.69) is 0 Å². The van der Waals surface area contributed by atoms with E-state index in [9.17, 15) is 8.60 Å². The fraction of sp³-hybridized carbons (Fsp3) is 0.400. The lowest BCUT2D eigenvalue weighted by Gasteiger charge is -2.09. The van der Waals surface area contributed by atoms with E-state index in [0.29, 0.717) is 12.0 Å². The van der Waals surface area contributed by atoms with Crippen molar-refractivity contribution in [2.75, 3.05) is 5.75 Å². The Kier molecular flexibility index (Phi) is 4.22. The Morgan fingerprint density at radius 3 is 2.71 bits per heavy atom. The van der Waals surface area contributed by atoms with Crippen LogP contribution in [-0.4, -0.2) is 14.5 Å². The van der Waals surface area contributed by atoms with Gasteiger partial charge in [-0.1, -0.05) is 25.1 Å². The monoisotopic (exact) mass is 216 g/mol. The van der Waals surface area contributed by atoms with Gasteiger partial charge in [0.1, 0.15) is 5.82 Å². The highest BCUT2D eigenvalue weighted by molar-refractivity contribution is 7.79. The molecule has 2 atom stereocenters. The number of rotatable bonds is 4. The first-order valence-electron chi connectivity index (χ1n) is 4.40. The van der Waals surface area contributed by atoms with E-state index < -0.39 is 11.1 Å². The predicted molar refractivity (Wildman–Crippen MR) is 54.9 cm³/mol. The van der Waals surface area contributed by atoms with Gasteiger partial charge in [0, 0.05) is 0 Å². The molecule has 0 aliphatic rings. The Morgan fingerprint density at radius 1 is 1.50 bits per heavy atom. The molecule has 0 heterocycles. The smallest absolute Gasteiger partial charge is 0.153 e. The van der Waals surface area contributed by atoms with Gasteiger partial charge < -0.3 is 4.55 Å². The Bertz CT molecular complexity index is 328. The molecule has 0 saturated carbocycles. The molecule has 2 nitrogen and oxygen atoms in total. The minimum absolute atomic E-state index is 0.0118. The van der Waals surface area contributed by atoms with Crippen LogP contribution in [0.25, 0.3) is 0 Å². The minimum Gasteiger partial charge on any atom is -0.306 e. The average Bonchev–Trinajstić information content (AvgIpc) is 2.07. The molecule has 2 unspecified atom stereocenters. The lowest BCUT2D eigenvalue weighted by Crippen LogP contribution is -2.10. The molecule has 0 fully saturated rings. The van der Waals surface area contributed by atoms with Gasteiger partial charge in [0.05, 0.1) is 5.75 Å². The van der Waals surface area contributed by atoms with Crippen LogP contribution in [0.4, 0.5) is 4.39 Å². The summed E-state index contributed by atoms with van der Waals surface area (Å²) in [5.41, 5.74) is 0.602. The molecular formula is C10H13FO2S. The molecule has 1 aromatic rings. The first-order valence-corrected chi connectivity index (χ1v) is 5.68. The summed E-state index contributed by atoms with van der Waals surface area (Å²) in [6.45, 7) is 1.83. The molecule has 1 rings (SSSR count). The molecule has 0 spiro atoms. The lowest BCUT2D eigenvalue weighted by molar-refractivity contribution is 0.534. The van der Waals surface area contributed by atoms with E-state index in [0.717, 1.165) is 0 Å². The molecular weight excluding hydrogens is 203 g/mol. The molecule has 0 amide bonds. The summed E-state index contributed by atoms with van der Waals surface area (Å²) in [5, 5.41) is 0. The Hall–Kier alpha value is -0.740. The van der Waals surface area contributed by atoms with Gasteiger partial charge in [-0.25, -0.2) is 8.60 Å². The summed E-state index contributed by atoms with van der Waals surface area (Å²) in [6, 6.07) is 6.50. The van der Waals surface area contributed by atoms with Crippen LogP contribution in [-0.2, 0) is 17.5 Å². The van der Waals surface area contributed by atoms with Crippen LogP contribution in [0.2, 0.25) is 0 Å². The molecule has 0 bridgehead atoms. The van der Waals surface area contributed by atoms with Crippen LogP contribution in [0.15, 0.2) is 24.3 Å². The van der Waals surface area contributed by atoms with Crippen molar-refractivity contribution in [3.63, 3.8) is 0 Å². The SMILES string of the molecule is CC(Cc1ccccc1F)CS(=O)O. The third-order valence-electron chi connectivity index (χ3n) is 1.95. The molecule has 1 N–H and O–H groups in total. The molecule has 1 aromatic carbocycles. The van der Waals surface area contributed by atoms with Crippen molar-refractivity contribution in [3.05, 3.63) is 35.6 Å². The molecule has 0 saturated heterocycles.